The number of carbonyl (C=O) groups is 1. The Bertz CT molecular complexity index is 780. The third kappa shape index (κ3) is 4.38. The maximum absolute atomic E-state index is 11.9. The molecule has 27 heavy (non-hydrogen) atoms. The van der Waals surface area contributed by atoms with Crippen LogP contribution < -0.4 is 5.32 Å². The lowest BCUT2D eigenvalue weighted by molar-refractivity contribution is 0.0681. The zero-order chi connectivity index (χ0) is 19.2. The third-order valence-electron chi connectivity index (χ3n) is 5.62. The molecule has 0 radical (unpaired) electrons. The molecule has 0 bridgehead atoms. The van der Waals surface area contributed by atoms with Crippen molar-refractivity contribution in [2.75, 3.05) is 13.1 Å². The van der Waals surface area contributed by atoms with Gasteiger partial charge >= 0.3 is 5.97 Å². The Morgan fingerprint density at radius 3 is 2.85 bits per heavy atom. The van der Waals surface area contributed by atoms with Gasteiger partial charge in [-0.3, -0.25) is 9.67 Å². The van der Waals surface area contributed by atoms with Crippen LogP contribution in [0.3, 0.4) is 0 Å². The number of hydrogen-bond donors (Lipinski definition) is 2. The summed E-state index contributed by atoms with van der Waals surface area (Å²) in [4.78, 5) is 16.0. The van der Waals surface area contributed by atoms with Gasteiger partial charge in [-0.1, -0.05) is 26.7 Å². The average molecular weight is 370 g/mol. The van der Waals surface area contributed by atoms with Crippen molar-refractivity contribution >= 4 is 5.97 Å². The van der Waals surface area contributed by atoms with Crippen LogP contribution >= 0.6 is 0 Å². The van der Waals surface area contributed by atoms with Gasteiger partial charge in [-0.2, -0.15) is 5.10 Å². The van der Waals surface area contributed by atoms with Crippen molar-refractivity contribution in [1.29, 1.82) is 0 Å². The van der Waals surface area contributed by atoms with Gasteiger partial charge in [-0.25, -0.2) is 4.79 Å². The first-order chi connectivity index (χ1) is 13.2. The van der Waals surface area contributed by atoms with E-state index in [4.69, 9.17) is 0 Å². The van der Waals surface area contributed by atoms with E-state index in [1.807, 2.05) is 12.3 Å². The van der Waals surface area contributed by atoms with Crippen LogP contribution in [0.15, 0.2) is 18.5 Å². The highest BCUT2D eigenvalue weighted by Crippen LogP contribution is 2.34. The topological polar surface area (TPSA) is 80.0 Å². The summed E-state index contributed by atoms with van der Waals surface area (Å²) in [6.07, 6.45) is 9.50. The monoisotopic (exact) mass is 370 g/mol. The number of aromatic carboxylic acids is 1. The smallest absolute Gasteiger partial charge is 0.354 e. The normalized spacial score (nSPS) is 12.9. The number of unbranched alkanes of at least 4 members (excludes halogenated alkanes) is 1. The van der Waals surface area contributed by atoms with Crippen LogP contribution in [0.5, 0.6) is 0 Å². The van der Waals surface area contributed by atoms with Gasteiger partial charge in [0.1, 0.15) is 5.69 Å². The largest absolute Gasteiger partial charge is 0.477 e. The van der Waals surface area contributed by atoms with Crippen molar-refractivity contribution < 1.29 is 9.90 Å². The molecule has 2 aromatic rings. The van der Waals surface area contributed by atoms with E-state index in [2.05, 4.69) is 29.2 Å². The van der Waals surface area contributed by atoms with Gasteiger partial charge < -0.3 is 10.4 Å². The van der Waals surface area contributed by atoms with Crippen molar-refractivity contribution in [3.05, 3.63) is 35.3 Å². The predicted molar refractivity (Wildman–Crippen MR) is 106 cm³/mol. The predicted octanol–water partition coefficient (Wildman–Crippen LogP) is 3.55. The van der Waals surface area contributed by atoms with E-state index in [0.29, 0.717) is 18.7 Å². The van der Waals surface area contributed by atoms with Crippen molar-refractivity contribution in [2.45, 2.75) is 58.9 Å². The fraction of sp³-hybridized carbons (Fsp3) is 0.571. The number of pyridine rings is 1. The second-order valence-electron chi connectivity index (χ2n) is 7.33. The minimum atomic E-state index is -0.881. The van der Waals surface area contributed by atoms with E-state index < -0.39 is 5.97 Å². The Hall–Kier alpha value is -2.21. The molecule has 6 heteroatoms. The molecule has 3 rings (SSSR count). The van der Waals surface area contributed by atoms with Crippen LogP contribution in [-0.4, -0.2) is 38.9 Å². The lowest BCUT2D eigenvalue weighted by Crippen LogP contribution is -2.23. The molecule has 146 valence electrons. The summed E-state index contributed by atoms with van der Waals surface area (Å²) in [6.45, 7) is 7.14. The number of carboxylic acids is 1. The van der Waals surface area contributed by atoms with Crippen LogP contribution in [0.25, 0.3) is 11.3 Å². The molecule has 2 N–H and O–H groups in total. The van der Waals surface area contributed by atoms with Crippen LogP contribution in [-0.2, 0) is 19.4 Å². The quantitative estimate of drug-likeness (QED) is 0.625. The molecule has 2 aromatic heterocycles. The van der Waals surface area contributed by atoms with Crippen LogP contribution in [0.1, 0.15) is 61.1 Å². The number of nitrogens with zero attached hydrogens (tertiary/aromatic N) is 3. The Balaban J connectivity index is 1.63. The molecule has 0 amide bonds. The molecule has 2 heterocycles. The van der Waals surface area contributed by atoms with Crippen molar-refractivity contribution in [2.24, 2.45) is 5.92 Å². The van der Waals surface area contributed by atoms with E-state index in [0.717, 1.165) is 60.7 Å². The molecule has 0 saturated carbocycles. The van der Waals surface area contributed by atoms with Crippen LogP contribution in [0.4, 0.5) is 0 Å². The molecule has 0 saturated heterocycles. The second kappa shape index (κ2) is 9.13. The molecule has 1 aliphatic carbocycles. The molecule has 0 aromatic carbocycles. The highest BCUT2D eigenvalue weighted by Gasteiger charge is 2.27. The van der Waals surface area contributed by atoms with E-state index in [-0.39, 0.29) is 0 Å². The summed E-state index contributed by atoms with van der Waals surface area (Å²) >= 11 is 0. The fourth-order valence-electron chi connectivity index (χ4n) is 3.87. The van der Waals surface area contributed by atoms with E-state index in [9.17, 15) is 9.90 Å². The summed E-state index contributed by atoms with van der Waals surface area (Å²) in [5.74, 6) is -0.135. The Labute approximate surface area is 161 Å². The highest BCUT2D eigenvalue weighted by molar-refractivity contribution is 5.90. The van der Waals surface area contributed by atoms with Gasteiger partial charge in [0.05, 0.1) is 5.69 Å². The number of fused-ring (bicyclic) bond motifs is 3. The number of nitrogens with one attached hydrogen (secondary N) is 1. The first kappa shape index (κ1) is 19.5. The maximum Gasteiger partial charge on any atom is 0.354 e. The Kier molecular flexibility index (Phi) is 6.61. The van der Waals surface area contributed by atoms with Crippen molar-refractivity contribution in [3.8, 4) is 11.3 Å². The summed E-state index contributed by atoms with van der Waals surface area (Å²) < 4.78 is 1.70. The second-order valence-corrected chi connectivity index (χ2v) is 7.33. The van der Waals surface area contributed by atoms with Gasteiger partial charge in [0, 0.05) is 30.1 Å². The fourth-order valence-corrected chi connectivity index (χ4v) is 3.87. The summed E-state index contributed by atoms with van der Waals surface area (Å²) in [5.41, 5.74) is 4.23. The van der Waals surface area contributed by atoms with Gasteiger partial charge in [0.25, 0.3) is 0 Å². The maximum atomic E-state index is 11.9. The molecule has 6 nitrogen and oxygen atoms in total. The number of aryl methyl sites for hydroxylation is 2. The minimum absolute atomic E-state index is 0.359. The first-order valence-electron chi connectivity index (χ1n) is 10.1. The molecule has 1 aliphatic rings. The van der Waals surface area contributed by atoms with Crippen LogP contribution in [0, 0.1) is 5.92 Å². The first-order valence-corrected chi connectivity index (χ1v) is 10.1. The number of hydrogen-bond acceptors (Lipinski definition) is 4. The van der Waals surface area contributed by atoms with E-state index in [1.165, 1.54) is 12.8 Å². The highest BCUT2D eigenvalue weighted by atomic mass is 16.4. The van der Waals surface area contributed by atoms with Gasteiger partial charge in [-0.15, -0.1) is 0 Å². The van der Waals surface area contributed by atoms with E-state index in [1.54, 1.807) is 10.9 Å². The summed E-state index contributed by atoms with van der Waals surface area (Å²) in [7, 11) is 0. The van der Waals surface area contributed by atoms with Crippen molar-refractivity contribution in [3.63, 3.8) is 0 Å². The summed E-state index contributed by atoms with van der Waals surface area (Å²) in [6, 6.07) is 1.94. The molecular weight excluding hydrogens is 340 g/mol. The third-order valence-corrected chi connectivity index (χ3v) is 5.62. The van der Waals surface area contributed by atoms with Crippen molar-refractivity contribution in [1.82, 2.24) is 20.1 Å². The van der Waals surface area contributed by atoms with Crippen LogP contribution in [0.2, 0.25) is 0 Å². The Morgan fingerprint density at radius 2 is 2.11 bits per heavy atom. The number of aromatic nitrogens is 3. The lowest BCUT2D eigenvalue weighted by atomic mass is 9.90. The minimum Gasteiger partial charge on any atom is -0.477 e. The SMILES string of the molecule is CCC(CC)CNCCCCn1nc2c(c1C(=O)O)CCc1cnccc1-2. The summed E-state index contributed by atoms with van der Waals surface area (Å²) in [5, 5.41) is 17.9. The zero-order valence-electron chi connectivity index (χ0n) is 16.4. The van der Waals surface area contributed by atoms with Gasteiger partial charge in [0.15, 0.2) is 0 Å². The molecule has 0 unspecified atom stereocenters. The zero-order valence-corrected chi connectivity index (χ0v) is 16.4. The number of carboxylic acid groups (broad SMARTS) is 1. The van der Waals surface area contributed by atoms with Gasteiger partial charge in [0.2, 0.25) is 0 Å². The molecule has 0 fully saturated rings. The number of rotatable bonds is 10. The molecule has 0 atom stereocenters. The van der Waals surface area contributed by atoms with Gasteiger partial charge in [-0.05, 0) is 56.3 Å². The average Bonchev–Trinajstić information content (AvgIpc) is 3.06. The lowest BCUT2D eigenvalue weighted by Gasteiger charge is -2.14. The standard InChI is InChI=1S/C21H30N4O2/c1-3-15(4-2)13-22-10-5-6-12-25-20(21(26)27)18-8-7-16-14-23-11-9-17(16)19(18)24-25/h9,11,14-15,22H,3-8,10,12-13H2,1-2H3,(H,26,27). The van der Waals surface area contributed by atoms with E-state index >= 15 is 0 Å². The molecule has 0 spiro atoms. The molecular formula is C21H30N4O2. The Morgan fingerprint density at radius 1 is 1.30 bits per heavy atom. The molecule has 0 aliphatic heterocycles.